The van der Waals surface area contributed by atoms with E-state index in [0.717, 1.165) is 29.0 Å². The Labute approximate surface area is 165 Å². The second-order valence-electron chi connectivity index (χ2n) is 6.86. The molecule has 2 aromatic carbocycles. The minimum atomic E-state index is -0.266. The number of urea groups is 1. The third-order valence-corrected chi connectivity index (χ3v) is 5.05. The van der Waals surface area contributed by atoms with E-state index in [2.05, 4.69) is 10.3 Å². The highest BCUT2D eigenvalue weighted by Gasteiger charge is 2.28. The van der Waals surface area contributed by atoms with E-state index >= 15 is 0 Å². The van der Waals surface area contributed by atoms with Gasteiger partial charge < -0.3 is 15.0 Å². The molecule has 5 nitrogen and oxygen atoms in total. The van der Waals surface area contributed by atoms with E-state index in [1.165, 1.54) is 0 Å². The van der Waals surface area contributed by atoms with Gasteiger partial charge in [0.05, 0.1) is 18.3 Å². The number of nitrogens with one attached hydrogen (secondary N) is 1. The third kappa shape index (κ3) is 3.69. The van der Waals surface area contributed by atoms with E-state index in [9.17, 15) is 4.79 Å². The highest BCUT2D eigenvalue weighted by atomic mass is 16.5. The van der Waals surface area contributed by atoms with E-state index in [1.807, 2.05) is 79.8 Å². The number of amides is 2. The number of fused-ring (bicyclic) bond motifs is 1. The predicted molar refractivity (Wildman–Crippen MR) is 108 cm³/mol. The number of hydrogen-bond acceptors (Lipinski definition) is 3. The molecule has 142 valence electrons. The molecule has 1 aromatic heterocycles. The number of benzene rings is 2. The van der Waals surface area contributed by atoms with Crippen molar-refractivity contribution in [3.8, 4) is 5.75 Å². The van der Waals surface area contributed by atoms with E-state index < -0.39 is 0 Å². The number of rotatable bonds is 4. The van der Waals surface area contributed by atoms with Crippen molar-refractivity contribution in [3.63, 3.8) is 0 Å². The zero-order chi connectivity index (χ0) is 19.3. The van der Waals surface area contributed by atoms with Crippen LogP contribution in [0.1, 0.15) is 35.3 Å². The molecule has 28 heavy (non-hydrogen) atoms. The van der Waals surface area contributed by atoms with Crippen molar-refractivity contribution in [1.29, 1.82) is 0 Å². The number of aromatic nitrogens is 1. The summed E-state index contributed by atoms with van der Waals surface area (Å²) < 4.78 is 5.71. The lowest BCUT2D eigenvalue weighted by atomic mass is 10.00. The van der Waals surface area contributed by atoms with Gasteiger partial charge in [-0.05, 0) is 23.8 Å². The van der Waals surface area contributed by atoms with Gasteiger partial charge in [0, 0.05) is 25.2 Å². The summed E-state index contributed by atoms with van der Waals surface area (Å²) >= 11 is 0. The van der Waals surface area contributed by atoms with Crippen molar-refractivity contribution >= 4 is 6.03 Å². The van der Waals surface area contributed by atoms with Gasteiger partial charge in [0.1, 0.15) is 11.8 Å². The second kappa shape index (κ2) is 8.13. The highest BCUT2D eigenvalue weighted by molar-refractivity contribution is 5.75. The monoisotopic (exact) mass is 373 g/mol. The molecular formula is C23H23N3O2. The summed E-state index contributed by atoms with van der Waals surface area (Å²) in [5.74, 6) is 0.839. The van der Waals surface area contributed by atoms with Crippen LogP contribution in [0.15, 0.2) is 79.0 Å². The molecule has 5 heteroatoms. The molecule has 0 spiro atoms. The molecule has 0 fully saturated rings. The lowest BCUT2D eigenvalue weighted by Crippen LogP contribution is -2.43. The van der Waals surface area contributed by atoms with Crippen LogP contribution in [-0.4, -0.2) is 29.6 Å². The first-order chi connectivity index (χ1) is 13.7. The topological polar surface area (TPSA) is 54.5 Å². The van der Waals surface area contributed by atoms with Crippen LogP contribution >= 0.6 is 0 Å². The number of hydrogen-bond donors (Lipinski definition) is 1. The Hall–Kier alpha value is -3.34. The van der Waals surface area contributed by atoms with Gasteiger partial charge in [0.2, 0.25) is 0 Å². The van der Waals surface area contributed by atoms with Gasteiger partial charge in [-0.2, -0.15) is 0 Å². The number of carbonyl (C=O) groups excluding carboxylic acids is 1. The second-order valence-corrected chi connectivity index (χ2v) is 6.86. The van der Waals surface area contributed by atoms with Crippen molar-refractivity contribution in [2.24, 2.45) is 0 Å². The largest absolute Gasteiger partial charge is 0.493 e. The summed E-state index contributed by atoms with van der Waals surface area (Å²) in [7, 11) is 1.81. The molecule has 0 radical (unpaired) electrons. The van der Waals surface area contributed by atoms with Gasteiger partial charge in [0.15, 0.2) is 0 Å². The maximum absolute atomic E-state index is 13.2. The predicted octanol–water partition coefficient (Wildman–Crippen LogP) is 4.34. The van der Waals surface area contributed by atoms with E-state index in [-0.39, 0.29) is 18.1 Å². The molecule has 1 N–H and O–H groups in total. The van der Waals surface area contributed by atoms with Gasteiger partial charge in [-0.25, -0.2) is 4.79 Å². The molecular weight excluding hydrogens is 350 g/mol. The molecule has 2 heterocycles. The summed E-state index contributed by atoms with van der Waals surface area (Å²) in [4.78, 5) is 19.4. The van der Waals surface area contributed by atoms with Crippen molar-refractivity contribution in [2.45, 2.75) is 18.5 Å². The highest BCUT2D eigenvalue weighted by Crippen LogP contribution is 2.32. The van der Waals surface area contributed by atoms with Crippen LogP contribution in [-0.2, 0) is 0 Å². The molecule has 4 rings (SSSR count). The van der Waals surface area contributed by atoms with Crippen LogP contribution in [0.3, 0.4) is 0 Å². The Bertz CT molecular complexity index is 891. The van der Waals surface area contributed by atoms with Gasteiger partial charge >= 0.3 is 6.03 Å². The number of pyridine rings is 1. The molecule has 2 atom stereocenters. The molecule has 0 aliphatic carbocycles. The van der Waals surface area contributed by atoms with Crippen LogP contribution in [0.5, 0.6) is 5.75 Å². The first kappa shape index (κ1) is 18.0. The number of carbonyl (C=O) groups is 1. The third-order valence-electron chi connectivity index (χ3n) is 5.05. The van der Waals surface area contributed by atoms with Crippen molar-refractivity contribution in [3.05, 3.63) is 95.8 Å². The quantitative estimate of drug-likeness (QED) is 0.740. The average molecular weight is 373 g/mol. The first-order valence-electron chi connectivity index (χ1n) is 9.45. The van der Waals surface area contributed by atoms with E-state index in [0.29, 0.717) is 6.61 Å². The molecule has 0 bridgehead atoms. The zero-order valence-corrected chi connectivity index (χ0v) is 15.8. The summed E-state index contributed by atoms with van der Waals surface area (Å²) in [6.07, 6.45) is 2.50. The Morgan fingerprint density at radius 3 is 2.61 bits per heavy atom. The zero-order valence-electron chi connectivity index (χ0n) is 15.8. The van der Waals surface area contributed by atoms with Crippen molar-refractivity contribution in [1.82, 2.24) is 15.2 Å². The lowest BCUT2D eigenvalue weighted by Gasteiger charge is -2.32. The molecule has 0 saturated carbocycles. The SMILES string of the molecule is CN(C(=O)N[C@H]1CCOc2ccccc21)[C@@H](c1ccccc1)c1ccccn1. The van der Waals surface area contributed by atoms with Crippen molar-refractivity contribution < 1.29 is 9.53 Å². The maximum atomic E-state index is 13.2. The Balaban J connectivity index is 1.59. The molecule has 0 saturated heterocycles. The summed E-state index contributed by atoms with van der Waals surface area (Å²) in [5, 5.41) is 3.17. The fraction of sp³-hybridized carbons (Fsp3) is 0.217. The van der Waals surface area contributed by atoms with Crippen LogP contribution in [0.2, 0.25) is 0 Å². The number of para-hydroxylation sites is 1. The lowest BCUT2D eigenvalue weighted by molar-refractivity contribution is 0.186. The minimum Gasteiger partial charge on any atom is -0.493 e. The standard InChI is InChI=1S/C23H23N3O2/c1-26(22(17-9-3-2-4-10-17)20-12-7-8-15-24-20)23(27)25-19-14-16-28-21-13-6-5-11-18(19)21/h2-13,15,19,22H,14,16H2,1H3,(H,25,27)/t19-,22-/m0/s1. The smallest absolute Gasteiger partial charge is 0.318 e. The van der Waals surface area contributed by atoms with Crippen LogP contribution in [0.4, 0.5) is 4.79 Å². The Morgan fingerprint density at radius 2 is 1.82 bits per heavy atom. The molecule has 2 amide bonds. The van der Waals surface area contributed by atoms with Gasteiger partial charge in [-0.3, -0.25) is 4.98 Å². The summed E-state index contributed by atoms with van der Waals surface area (Å²) in [5.41, 5.74) is 2.87. The van der Waals surface area contributed by atoms with Crippen LogP contribution in [0, 0.1) is 0 Å². The van der Waals surface area contributed by atoms with E-state index in [4.69, 9.17) is 4.74 Å². The number of ether oxygens (including phenoxy) is 1. The fourth-order valence-electron chi connectivity index (χ4n) is 3.63. The Kier molecular flexibility index (Phi) is 5.24. The van der Waals surface area contributed by atoms with E-state index in [1.54, 1.807) is 11.1 Å². The molecule has 1 aliphatic heterocycles. The Morgan fingerprint density at radius 1 is 1.07 bits per heavy atom. The van der Waals surface area contributed by atoms with Crippen molar-refractivity contribution in [2.75, 3.05) is 13.7 Å². The molecule has 0 unspecified atom stereocenters. The van der Waals surface area contributed by atoms with Crippen LogP contribution < -0.4 is 10.1 Å². The molecule has 1 aliphatic rings. The molecule has 3 aromatic rings. The number of nitrogens with zero attached hydrogens (tertiary/aromatic N) is 2. The maximum Gasteiger partial charge on any atom is 0.318 e. The summed E-state index contributed by atoms with van der Waals surface area (Å²) in [6.45, 7) is 0.591. The van der Waals surface area contributed by atoms with Gasteiger partial charge in [-0.15, -0.1) is 0 Å². The normalized spacial score (nSPS) is 16.4. The average Bonchev–Trinajstić information content (AvgIpc) is 2.75. The van der Waals surface area contributed by atoms with Crippen LogP contribution in [0.25, 0.3) is 0 Å². The first-order valence-corrected chi connectivity index (χ1v) is 9.45. The summed E-state index contributed by atoms with van der Waals surface area (Å²) in [6, 6.07) is 23.1. The van der Waals surface area contributed by atoms with Gasteiger partial charge in [0.25, 0.3) is 0 Å². The fourth-order valence-corrected chi connectivity index (χ4v) is 3.63. The minimum absolute atomic E-state index is 0.0694. The van der Waals surface area contributed by atoms with Gasteiger partial charge in [-0.1, -0.05) is 54.6 Å².